The first kappa shape index (κ1) is 24.6. The van der Waals surface area contributed by atoms with Gasteiger partial charge >= 0.3 is 0 Å². The Morgan fingerprint density at radius 2 is 1.94 bits per heavy atom. The number of hydrogen-bond donors (Lipinski definition) is 2. The van der Waals surface area contributed by atoms with Crippen molar-refractivity contribution < 1.29 is 23.9 Å². The van der Waals surface area contributed by atoms with E-state index in [2.05, 4.69) is 20.8 Å². The number of amides is 3. The van der Waals surface area contributed by atoms with Gasteiger partial charge < -0.3 is 25.0 Å². The lowest BCUT2D eigenvalue weighted by atomic mass is 9.97. The first-order valence-corrected chi connectivity index (χ1v) is 11.8. The van der Waals surface area contributed by atoms with Crippen molar-refractivity contribution in [3.8, 4) is 5.75 Å². The third kappa shape index (κ3) is 6.96. The molecule has 2 N–H and O–H groups in total. The van der Waals surface area contributed by atoms with Gasteiger partial charge in [0.1, 0.15) is 5.75 Å². The lowest BCUT2D eigenvalue weighted by molar-refractivity contribution is -0.126. The minimum Gasteiger partial charge on any atom is -0.497 e. The molecule has 0 unspecified atom stereocenters. The number of carbonyl (C=O) groups is 3. The van der Waals surface area contributed by atoms with E-state index in [-0.39, 0.29) is 27.7 Å². The first-order valence-electron chi connectivity index (χ1n) is 11.0. The zero-order valence-electron chi connectivity index (χ0n) is 18.8. The summed E-state index contributed by atoms with van der Waals surface area (Å²) < 4.78 is 10.4. The number of nitrogens with zero attached hydrogens (tertiary/aromatic N) is 3. The summed E-state index contributed by atoms with van der Waals surface area (Å²) in [5, 5.41) is 13.6. The number of anilines is 1. The summed E-state index contributed by atoms with van der Waals surface area (Å²) >= 11 is 0.936. The lowest BCUT2D eigenvalue weighted by Gasteiger charge is -2.31. The molecule has 11 heteroatoms. The highest BCUT2D eigenvalue weighted by atomic mass is 32.1. The van der Waals surface area contributed by atoms with Crippen LogP contribution in [0.15, 0.2) is 24.3 Å². The molecule has 178 valence electrons. The highest BCUT2D eigenvalue weighted by Gasteiger charge is 2.30. The Morgan fingerprint density at radius 3 is 2.67 bits per heavy atom. The smallest absolute Gasteiger partial charge is 0.286 e. The molecule has 1 aromatic carbocycles. The summed E-state index contributed by atoms with van der Waals surface area (Å²) in [6, 6.07) is 6.87. The number of methoxy groups -OCH3 is 1. The van der Waals surface area contributed by atoms with Gasteiger partial charge in [-0.05, 0) is 50.5 Å². The molecule has 10 nitrogen and oxygen atoms in total. The SMILES string of the molecule is CCOCCCNC(=O)[C@@H]1CCCN(C(=O)c2nnc(C(=O)Nc3ccc(OC)cc3)s2)C1. The van der Waals surface area contributed by atoms with Gasteiger partial charge in [-0.3, -0.25) is 14.4 Å². The molecule has 1 aliphatic rings. The van der Waals surface area contributed by atoms with E-state index in [4.69, 9.17) is 9.47 Å². The topological polar surface area (TPSA) is 123 Å². The van der Waals surface area contributed by atoms with E-state index in [0.717, 1.165) is 30.6 Å². The molecule has 1 fully saturated rings. The maximum absolute atomic E-state index is 12.9. The third-order valence-electron chi connectivity index (χ3n) is 5.20. The summed E-state index contributed by atoms with van der Waals surface area (Å²) in [5.74, 6) is -0.401. The highest BCUT2D eigenvalue weighted by molar-refractivity contribution is 7.15. The Hall–Kier alpha value is -3.05. The second-order valence-electron chi connectivity index (χ2n) is 7.53. The summed E-state index contributed by atoms with van der Waals surface area (Å²) in [6.45, 7) is 4.61. The number of rotatable bonds is 10. The lowest BCUT2D eigenvalue weighted by Crippen LogP contribution is -2.45. The minimum absolute atomic E-state index is 0.0548. The van der Waals surface area contributed by atoms with E-state index in [0.29, 0.717) is 44.3 Å². The van der Waals surface area contributed by atoms with Crippen LogP contribution in [0.2, 0.25) is 0 Å². The van der Waals surface area contributed by atoms with E-state index < -0.39 is 5.91 Å². The summed E-state index contributed by atoms with van der Waals surface area (Å²) in [7, 11) is 1.56. The molecular weight excluding hydrogens is 446 g/mol. The molecule has 3 rings (SSSR count). The van der Waals surface area contributed by atoms with Crippen LogP contribution in [-0.2, 0) is 9.53 Å². The van der Waals surface area contributed by atoms with Crippen LogP contribution in [0.4, 0.5) is 5.69 Å². The van der Waals surface area contributed by atoms with E-state index in [1.54, 1.807) is 36.3 Å². The molecular formula is C22H29N5O5S. The van der Waals surface area contributed by atoms with Crippen molar-refractivity contribution in [1.29, 1.82) is 0 Å². The van der Waals surface area contributed by atoms with E-state index in [9.17, 15) is 14.4 Å². The molecule has 0 saturated carbocycles. The first-order chi connectivity index (χ1) is 16.0. The van der Waals surface area contributed by atoms with Gasteiger partial charge in [-0.15, -0.1) is 10.2 Å². The Labute approximate surface area is 196 Å². The van der Waals surface area contributed by atoms with Crippen LogP contribution in [0.3, 0.4) is 0 Å². The maximum atomic E-state index is 12.9. The molecule has 1 atom stereocenters. The van der Waals surface area contributed by atoms with Crippen molar-refractivity contribution in [3.63, 3.8) is 0 Å². The largest absolute Gasteiger partial charge is 0.497 e. The van der Waals surface area contributed by atoms with Crippen molar-refractivity contribution in [2.24, 2.45) is 5.92 Å². The Morgan fingerprint density at radius 1 is 1.18 bits per heavy atom. The van der Waals surface area contributed by atoms with Gasteiger partial charge in [-0.25, -0.2) is 0 Å². The fourth-order valence-electron chi connectivity index (χ4n) is 3.45. The summed E-state index contributed by atoms with van der Waals surface area (Å²) in [4.78, 5) is 39.4. The maximum Gasteiger partial charge on any atom is 0.286 e. The second-order valence-corrected chi connectivity index (χ2v) is 8.50. The van der Waals surface area contributed by atoms with Crippen LogP contribution >= 0.6 is 11.3 Å². The van der Waals surface area contributed by atoms with Crippen molar-refractivity contribution in [3.05, 3.63) is 34.3 Å². The van der Waals surface area contributed by atoms with Crippen molar-refractivity contribution in [1.82, 2.24) is 20.4 Å². The van der Waals surface area contributed by atoms with E-state index in [1.807, 2.05) is 6.92 Å². The van der Waals surface area contributed by atoms with E-state index in [1.165, 1.54) is 0 Å². The number of benzene rings is 1. The van der Waals surface area contributed by atoms with Gasteiger partial charge in [0.15, 0.2) is 0 Å². The van der Waals surface area contributed by atoms with E-state index >= 15 is 0 Å². The Kier molecular flexibility index (Phi) is 9.14. The number of nitrogens with one attached hydrogen (secondary N) is 2. The number of carbonyl (C=O) groups excluding carboxylic acids is 3. The van der Waals surface area contributed by atoms with Crippen LogP contribution in [0, 0.1) is 5.92 Å². The number of piperidine rings is 1. The average molecular weight is 476 g/mol. The van der Waals surface area contributed by atoms with Gasteiger partial charge in [0, 0.05) is 38.5 Å². The molecule has 1 aromatic heterocycles. The minimum atomic E-state index is -0.445. The molecule has 0 aliphatic carbocycles. The fourth-order valence-corrected chi connectivity index (χ4v) is 4.15. The number of hydrogen-bond acceptors (Lipinski definition) is 8. The Balaban J connectivity index is 1.53. The van der Waals surface area contributed by atoms with Crippen LogP contribution in [0.5, 0.6) is 5.75 Å². The molecule has 2 heterocycles. The summed E-state index contributed by atoms with van der Waals surface area (Å²) in [5.41, 5.74) is 0.579. The van der Waals surface area contributed by atoms with Crippen molar-refractivity contribution in [2.75, 3.05) is 45.3 Å². The molecule has 33 heavy (non-hydrogen) atoms. The molecule has 1 saturated heterocycles. The highest BCUT2D eigenvalue weighted by Crippen LogP contribution is 2.21. The zero-order chi connectivity index (χ0) is 23.6. The molecule has 3 amide bonds. The molecule has 0 spiro atoms. The van der Waals surface area contributed by atoms with Crippen LogP contribution in [-0.4, -0.2) is 72.8 Å². The van der Waals surface area contributed by atoms with Gasteiger partial charge in [-0.2, -0.15) is 0 Å². The number of likely N-dealkylation sites (tertiary alicyclic amines) is 1. The van der Waals surface area contributed by atoms with Crippen LogP contribution < -0.4 is 15.4 Å². The summed E-state index contributed by atoms with van der Waals surface area (Å²) in [6.07, 6.45) is 2.21. The third-order valence-corrected chi connectivity index (χ3v) is 6.11. The van der Waals surface area contributed by atoms with Gasteiger partial charge in [-0.1, -0.05) is 11.3 Å². The predicted octanol–water partition coefficient (Wildman–Crippen LogP) is 2.19. The Bertz CT molecular complexity index is 949. The van der Waals surface area contributed by atoms with Gasteiger partial charge in [0.25, 0.3) is 11.8 Å². The molecule has 0 bridgehead atoms. The van der Waals surface area contributed by atoms with Gasteiger partial charge in [0.05, 0.1) is 13.0 Å². The molecule has 2 aromatic rings. The van der Waals surface area contributed by atoms with Crippen LogP contribution in [0.1, 0.15) is 45.8 Å². The molecule has 1 aliphatic heterocycles. The fraction of sp³-hybridized carbons (Fsp3) is 0.500. The second kappa shape index (κ2) is 12.3. The quantitative estimate of drug-likeness (QED) is 0.505. The monoisotopic (exact) mass is 475 g/mol. The average Bonchev–Trinajstić information content (AvgIpc) is 3.34. The van der Waals surface area contributed by atoms with Crippen molar-refractivity contribution in [2.45, 2.75) is 26.2 Å². The molecule has 0 radical (unpaired) electrons. The zero-order valence-corrected chi connectivity index (χ0v) is 19.7. The standard InChI is InChI=1S/C22H29N5O5S/c1-3-32-13-5-11-23-18(28)15-6-4-12-27(14-15)22(30)21-26-25-20(33-21)19(29)24-16-7-9-17(31-2)10-8-16/h7-10,15H,3-6,11-14H2,1-2H3,(H,23,28)(H,24,29)/t15-/m1/s1. The number of ether oxygens (including phenoxy) is 2. The van der Waals surface area contributed by atoms with Crippen LogP contribution in [0.25, 0.3) is 0 Å². The van der Waals surface area contributed by atoms with Crippen molar-refractivity contribution >= 4 is 34.7 Å². The number of aromatic nitrogens is 2. The predicted molar refractivity (Wildman–Crippen MR) is 124 cm³/mol. The van der Waals surface area contributed by atoms with Gasteiger partial charge in [0.2, 0.25) is 15.9 Å². The normalized spacial score (nSPS) is 15.7.